The fourth-order valence-corrected chi connectivity index (χ4v) is 1.34. The molecular formula is C12H8F3O2. The summed E-state index contributed by atoms with van der Waals surface area (Å²) in [6, 6.07) is 5.56. The highest BCUT2D eigenvalue weighted by atomic mass is 19.4. The number of halogens is 3. The first-order chi connectivity index (χ1) is 7.86. The lowest BCUT2D eigenvalue weighted by Crippen LogP contribution is -2.17. The average molecular weight is 241 g/mol. The zero-order valence-corrected chi connectivity index (χ0v) is 8.58. The van der Waals surface area contributed by atoms with Crippen LogP contribution in [0.1, 0.15) is 11.1 Å². The number of aliphatic carboxylic acids is 1. The monoisotopic (exact) mass is 241 g/mol. The van der Waals surface area contributed by atoms with Crippen LogP contribution in [0.3, 0.4) is 0 Å². The summed E-state index contributed by atoms with van der Waals surface area (Å²) in [5, 5.41) is 8.70. The standard InChI is InChI=1S/C12H8F3O2/c1-2-8(11(16)17)7-9-5-3-4-6-10(9)12(13,14)15/h1,3,5-6,8H,7H2,(H,16,17). The summed E-state index contributed by atoms with van der Waals surface area (Å²) in [5.41, 5.74) is -1.04. The summed E-state index contributed by atoms with van der Waals surface area (Å²) in [6.45, 7) is 0. The Morgan fingerprint density at radius 3 is 2.71 bits per heavy atom. The van der Waals surface area contributed by atoms with E-state index < -0.39 is 23.6 Å². The van der Waals surface area contributed by atoms with Crippen molar-refractivity contribution in [3.63, 3.8) is 0 Å². The number of carbonyl (C=O) groups is 1. The van der Waals surface area contributed by atoms with E-state index in [2.05, 4.69) is 6.07 Å². The highest BCUT2D eigenvalue weighted by molar-refractivity contribution is 5.73. The van der Waals surface area contributed by atoms with Gasteiger partial charge in [-0.3, -0.25) is 4.79 Å². The molecule has 0 spiro atoms. The molecule has 1 atom stereocenters. The fraction of sp³-hybridized carbons (Fsp3) is 0.250. The SMILES string of the molecule is C#CC(Cc1cc[c]cc1C(F)(F)F)C(=O)O. The summed E-state index contributed by atoms with van der Waals surface area (Å²) < 4.78 is 37.8. The van der Waals surface area contributed by atoms with Crippen molar-refractivity contribution in [1.29, 1.82) is 0 Å². The minimum atomic E-state index is -4.54. The number of carboxylic acids is 1. The Hall–Kier alpha value is -1.96. The van der Waals surface area contributed by atoms with Crippen LogP contribution in [0, 0.1) is 24.3 Å². The van der Waals surface area contributed by atoms with Crippen LogP contribution < -0.4 is 0 Å². The molecule has 1 rings (SSSR count). The molecule has 5 heteroatoms. The smallest absolute Gasteiger partial charge is 0.416 e. The minimum Gasteiger partial charge on any atom is -0.480 e. The van der Waals surface area contributed by atoms with Gasteiger partial charge in [0.25, 0.3) is 0 Å². The van der Waals surface area contributed by atoms with Crippen LogP contribution in [0.25, 0.3) is 0 Å². The van der Waals surface area contributed by atoms with E-state index in [-0.39, 0.29) is 12.0 Å². The number of carboxylic acid groups (broad SMARTS) is 1. The quantitative estimate of drug-likeness (QED) is 0.825. The summed E-state index contributed by atoms with van der Waals surface area (Å²) in [5.74, 6) is -0.625. The highest BCUT2D eigenvalue weighted by Crippen LogP contribution is 2.32. The average Bonchev–Trinajstić information content (AvgIpc) is 2.24. The Morgan fingerprint density at radius 2 is 2.24 bits per heavy atom. The Balaban J connectivity index is 3.08. The Kier molecular flexibility index (Phi) is 3.79. The van der Waals surface area contributed by atoms with E-state index in [0.29, 0.717) is 0 Å². The summed E-state index contributed by atoms with van der Waals surface area (Å²) in [6.07, 6.45) is 0.0720. The van der Waals surface area contributed by atoms with Gasteiger partial charge in [-0.2, -0.15) is 13.2 Å². The van der Waals surface area contributed by atoms with Crippen molar-refractivity contribution in [2.45, 2.75) is 12.6 Å². The largest absolute Gasteiger partial charge is 0.480 e. The fourth-order valence-electron chi connectivity index (χ4n) is 1.34. The highest BCUT2D eigenvalue weighted by Gasteiger charge is 2.33. The third-order valence-electron chi connectivity index (χ3n) is 2.18. The number of alkyl halides is 3. The zero-order chi connectivity index (χ0) is 13.1. The van der Waals surface area contributed by atoms with Crippen LogP contribution in [0.2, 0.25) is 0 Å². The summed E-state index contributed by atoms with van der Waals surface area (Å²) >= 11 is 0. The Labute approximate surface area is 96.1 Å². The second kappa shape index (κ2) is 4.91. The van der Waals surface area contributed by atoms with E-state index in [1.165, 1.54) is 12.1 Å². The van der Waals surface area contributed by atoms with Crippen LogP contribution in [-0.4, -0.2) is 11.1 Å². The van der Waals surface area contributed by atoms with Crippen molar-refractivity contribution in [2.75, 3.05) is 0 Å². The molecule has 0 aliphatic heterocycles. The van der Waals surface area contributed by atoms with Crippen LogP contribution >= 0.6 is 0 Å². The predicted octanol–water partition coefficient (Wildman–Crippen LogP) is 2.38. The zero-order valence-electron chi connectivity index (χ0n) is 8.58. The maximum atomic E-state index is 12.6. The van der Waals surface area contributed by atoms with Crippen LogP contribution in [0.5, 0.6) is 0 Å². The lowest BCUT2D eigenvalue weighted by Gasteiger charge is -2.13. The van der Waals surface area contributed by atoms with Crippen molar-refractivity contribution in [3.05, 3.63) is 35.4 Å². The van der Waals surface area contributed by atoms with Crippen LogP contribution in [0.4, 0.5) is 13.2 Å². The normalized spacial score (nSPS) is 12.8. The van der Waals surface area contributed by atoms with E-state index in [1.807, 2.05) is 5.92 Å². The van der Waals surface area contributed by atoms with Gasteiger partial charge in [-0.25, -0.2) is 0 Å². The molecule has 0 fully saturated rings. The summed E-state index contributed by atoms with van der Waals surface area (Å²) in [4.78, 5) is 10.7. The topological polar surface area (TPSA) is 37.3 Å². The lowest BCUT2D eigenvalue weighted by atomic mass is 9.96. The van der Waals surface area contributed by atoms with Gasteiger partial charge in [0.1, 0.15) is 5.92 Å². The molecule has 0 heterocycles. The van der Waals surface area contributed by atoms with Crippen molar-refractivity contribution in [3.8, 4) is 12.3 Å². The molecule has 0 saturated heterocycles. The van der Waals surface area contributed by atoms with Gasteiger partial charge in [0.2, 0.25) is 0 Å². The summed E-state index contributed by atoms with van der Waals surface area (Å²) in [7, 11) is 0. The molecule has 1 N–H and O–H groups in total. The molecule has 0 saturated carbocycles. The molecule has 1 unspecified atom stereocenters. The van der Waals surface area contributed by atoms with Crippen molar-refractivity contribution in [1.82, 2.24) is 0 Å². The molecule has 0 bridgehead atoms. The van der Waals surface area contributed by atoms with Gasteiger partial charge in [0.05, 0.1) is 5.56 Å². The second-order valence-corrected chi connectivity index (χ2v) is 3.34. The molecule has 0 aromatic heterocycles. The molecule has 1 aromatic carbocycles. The molecule has 1 radical (unpaired) electrons. The van der Waals surface area contributed by atoms with E-state index in [9.17, 15) is 18.0 Å². The van der Waals surface area contributed by atoms with Gasteiger partial charge >= 0.3 is 12.1 Å². The lowest BCUT2D eigenvalue weighted by molar-refractivity contribution is -0.141. The Bertz CT molecular complexity index is 458. The number of rotatable bonds is 3. The predicted molar refractivity (Wildman–Crippen MR) is 53.9 cm³/mol. The minimum absolute atomic E-state index is 0.137. The van der Waals surface area contributed by atoms with Gasteiger partial charge < -0.3 is 5.11 Å². The second-order valence-electron chi connectivity index (χ2n) is 3.34. The molecule has 0 aliphatic carbocycles. The van der Waals surface area contributed by atoms with Gasteiger partial charge in [-0.05, 0) is 24.1 Å². The van der Waals surface area contributed by atoms with Crippen molar-refractivity contribution >= 4 is 5.97 Å². The first-order valence-corrected chi connectivity index (χ1v) is 4.61. The van der Waals surface area contributed by atoms with E-state index in [1.54, 1.807) is 0 Å². The maximum Gasteiger partial charge on any atom is 0.416 e. The number of benzene rings is 1. The number of terminal acetylenes is 1. The molecular weight excluding hydrogens is 233 g/mol. The molecule has 1 aromatic rings. The van der Waals surface area contributed by atoms with Gasteiger partial charge in [0, 0.05) is 0 Å². The molecule has 89 valence electrons. The van der Waals surface area contributed by atoms with E-state index >= 15 is 0 Å². The first kappa shape index (κ1) is 13.1. The van der Waals surface area contributed by atoms with Crippen molar-refractivity contribution in [2.24, 2.45) is 5.92 Å². The molecule has 0 amide bonds. The van der Waals surface area contributed by atoms with Gasteiger partial charge in [-0.15, -0.1) is 6.42 Å². The number of hydrogen-bond acceptors (Lipinski definition) is 1. The van der Waals surface area contributed by atoms with Gasteiger partial charge in [0.15, 0.2) is 0 Å². The Morgan fingerprint density at radius 1 is 1.59 bits per heavy atom. The van der Waals surface area contributed by atoms with E-state index in [0.717, 1.165) is 6.07 Å². The van der Waals surface area contributed by atoms with Gasteiger partial charge in [-0.1, -0.05) is 18.1 Å². The number of hydrogen-bond donors (Lipinski definition) is 1. The third-order valence-corrected chi connectivity index (χ3v) is 2.18. The molecule has 17 heavy (non-hydrogen) atoms. The molecule has 0 aliphatic rings. The van der Waals surface area contributed by atoms with E-state index in [4.69, 9.17) is 11.5 Å². The molecule has 2 nitrogen and oxygen atoms in total. The van der Waals surface area contributed by atoms with Crippen molar-refractivity contribution < 1.29 is 23.1 Å². The third kappa shape index (κ3) is 3.25. The maximum absolute atomic E-state index is 12.6. The van der Waals surface area contributed by atoms with Crippen LogP contribution in [-0.2, 0) is 17.4 Å². The van der Waals surface area contributed by atoms with Crippen LogP contribution in [0.15, 0.2) is 18.2 Å². The first-order valence-electron chi connectivity index (χ1n) is 4.61.